The van der Waals surface area contributed by atoms with E-state index < -0.39 is 17.6 Å². The zero-order valence-corrected chi connectivity index (χ0v) is 12.1. The summed E-state index contributed by atoms with van der Waals surface area (Å²) in [5.74, 6) is -0.0256. The smallest absolute Gasteiger partial charge is 0.420 e. The Kier molecular flexibility index (Phi) is 3.12. The van der Waals surface area contributed by atoms with Crippen LogP contribution in [0.5, 0.6) is 0 Å². The minimum atomic E-state index is -4.53. The van der Waals surface area contributed by atoms with E-state index in [1.807, 2.05) is 0 Å². The molecule has 2 bridgehead atoms. The highest BCUT2D eigenvalue weighted by Gasteiger charge is 2.39. The summed E-state index contributed by atoms with van der Waals surface area (Å²) in [5, 5.41) is 2.74. The van der Waals surface area contributed by atoms with Crippen LogP contribution in [0.1, 0.15) is 22.5 Å². The van der Waals surface area contributed by atoms with Crippen molar-refractivity contribution in [3.8, 4) is 0 Å². The van der Waals surface area contributed by atoms with Crippen LogP contribution in [-0.2, 0) is 6.18 Å². The predicted octanol–water partition coefficient (Wildman–Crippen LogP) is 2.28. The van der Waals surface area contributed by atoms with Gasteiger partial charge in [0.05, 0.1) is 6.20 Å². The second-order valence-corrected chi connectivity index (χ2v) is 6.10. The van der Waals surface area contributed by atoms with Gasteiger partial charge < -0.3 is 14.6 Å². The number of rotatable bonds is 2. The van der Waals surface area contributed by atoms with Crippen molar-refractivity contribution in [3.63, 3.8) is 0 Å². The number of hydrogen-bond acceptors (Lipinski definition) is 4. The Hall–Kier alpha value is -2.09. The number of alkyl halides is 3. The van der Waals surface area contributed by atoms with Crippen LogP contribution < -0.4 is 5.32 Å². The fourth-order valence-electron chi connectivity index (χ4n) is 3.47. The molecular weight excluding hydrogens is 311 g/mol. The molecule has 0 saturated carbocycles. The van der Waals surface area contributed by atoms with E-state index in [1.54, 1.807) is 0 Å². The second-order valence-electron chi connectivity index (χ2n) is 6.10. The molecule has 4 heterocycles. The molecule has 0 aliphatic carbocycles. The summed E-state index contributed by atoms with van der Waals surface area (Å²) in [6.45, 7) is 2.81. The first-order valence-corrected chi connectivity index (χ1v) is 7.39. The fraction of sp³-hybridized carbons (Fsp3) is 0.467. The van der Waals surface area contributed by atoms with Crippen LogP contribution in [0.15, 0.2) is 22.9 Å². The maximum Gasteiger partial charge on any atom is 0.420 e. The SMILES string of the molecule is O=C(NC1CN2CC[C@H]1C2)c1cc2c(C(F)(F)F)coc2cn1. The molecule has 23 heavy (non-hydrogen) atoms. The standard InChI is InChI=1S/C15H14F3N3O2/c16-15(17,18)10-7-23-13-4-19-11(3-9(10)13)14(22)20-12-6-21-2-1-8(12)5-21/h3-4,7-8,12H,1-2,5-6H2,(H,20,22)/t8-,12?/m0/s1. The first kappa shape index (κ1) is 14.5. The van der Waals surface area contributed by atoms with Crippen LogP contribution in [0.3, 0.4) is 0 Å². The minimum Gasteiger partial charge on any atom is -0.462 e. The first-order chi connectivity index (χ1) is 10.9. The number of fused-ring (bicyclic) bond motifs is 3. The van der Waals surface area contributed by atoms with E-state index in [1.165, 1.54) is 0 Å². The lowest BCUT2D eigenvalue weighted by molar-refractivity contribution is -0.136. The monoisotopic (exact) mass is 325 g/mol. The van der Waals surface area contributed by atoms with E-state index in [9.17, 15) is 18.0 Å². The maximum absolute atomic E-state index is 12.9. The van der Waals surface area contributed by atoms with E-state index in [2.05, 4.69) is 15.2 Å². The van der Waals surface area contributed by atoms with Gasteiger partial charge in [0.25, 0.3) is 5.91 Å². The number of hydrogen-bond donors (Lipinski definition) is 1. The van der Waals surface area contributed by atoms with Crippen LogP contribution in [0.4, 0.5) is 13.2 Å². The van der Waals surface area contributed by atoms with Crippen molar-refractivity contribution in [3.05, 3.63) is 29.8 Å². The molecule has 3 atom stereocenters. The molecule has 0 aromatic carbocycles. The molecule has 5 nitrogen and oxygen atoms in total. The summed E-state index contributed by atoms with van der Waals surface area (Å²) in [6.07, 6.45) is -1.68. The quantitative estimate of drug-likeness (QED) is 0.920. The van der Waals surface area contributed by atoms with Gasteiger partial charge in [-0.1, -0.05) is 0 Å². The molecule has 2 aliphatic rings. The number of furan rings is 1. The van der Waals surface area contributed by atoms with Crippen molar-refractivity contribution in [2.75, 3.05) is 19.6 Å². The summed E-state index contributed by atoms with van der Waals surface area (Å²) in [4.78, 5) is 18.5. The van der Waals surface area contributed by atoms with Gasteiger partial charge in [-0.25, -0.2) is 4.98 Å². The summed E-state index contributed by atoms with van der Waals surface area (Å²) < 4.78 is 43.6. The average Bonchev–Trinajstić information content (AvgIpc) is 3.20. The molecular formula is C15H14F3N3O2. The average molecular weight is 325 g/mol. The summed E-state index contributed by atoms with van der Waals surface area (Å²) >= 11 is 0. The van der Waals surface area contributed by atoms with Gasteiger partial charge in [-0.15, -0.1) is 0 Å². The molecule has 122 valence electrons. The fourth-order valence-corrected chi connectivity index (χ4v) is 3.47. The van der Waals surface area contributed by atoms with Crippen LogP contribution in [0.25, 0.3) is 11.0 Å². The van der Waals surface area contributed by atoms with Crippen molar-refractivity contribution >= 4 is 16.9 Å². The molecule has 1 N–H and O–H groups in total. The van der Waals surface area contributed by atoms with Crippen LogP contribution in [0.2, 0.25) is 0 Å². The normalized spacial score (nSPS) is 26.8. The van der Waals surface area contributed by atoms with Crippen LogP contribution in [0, 0.1) is 5.92 Å². The van der Waals surface area contributed by atoms with E-state index in [-0.39, 0.29) is 22.7 Å². The van der Waals surface area contributed by atoms with E-state index >= 15 is 0 Å². The number of carbonyl (C=O) groups is 1. The number of amides is 1. The number of piperidine rings is 1. The van der Waals surface area contributed by atoms with Crippen LogP contribution >= 0.6 is 0 Å². The largest absolute Gasteiger partial charge is 0.462 e. The number of aromatic nitrogens is 1. The predicted molar refractivity (Wildman–Crippen MR) is 74.8 cm³/mol. The molecule has 0 spiro atoms. The van der Waals surface area contributed by atoms with Gasteiger partial charge in [0.15, 0.2) is 5.58 Å². The molecule has 2 fully saturated rings. The van der Waals surface area contributed by atoms with E-state index in [4.69, 9.17) is 4.42 Å². The summed E-state index contributed by atoms with van der Waals surface area (Å²) in [7, 11) is 0. The molecule has 4 rings (SSSR count). The number of nitrogens with one attached hydrogen (secondary N) is 1. The summed E-state index contributed by atoms with van der Waals surface area (Å²) in [6, 6.07) is 1.19. The lowest BCUT2D eigenvalue weighted by atomic mass is 10.00. The zero-order chi connectivity index (χ0) is 16.2. The Morgan fingerprint density at radius 3 is 2.87 bits per heavy atom. The second kappa shape index (κ2) is 4.95. The third-order valence-electron chi connectivity index (χ3n) is 4.65. The van der Waals surface area contributed by atoms with Gasteiger partial charge >= 0.3 is 6.18 Å². The molecule has 2 aliphatic heterocycles. The van der Waals surface area contributed by atoms with E-state index in [0.717, 1.165) is 38.3 Å². The van der Waals surface area contributed by atoms with Gasteiger partial charge in [0.2, 0.25) is 0 Å². The van der Waals surface area contributed by atoms with Gasteiger partial charge in [0.1, 0.15) is 17.5 Å². The third kappa shape index (κ3) is 2.46. The van der Waals surface area contributed by atoms with Gasteiger partial charge in [-0.2, -0.15) is 13.2 Å². The minimum absolute atomic E-state index is 0.0138. The Morgan fingerprint density at radius 2 is 2.22 bits per heavy atom. The zero-order valence-electron chi connectivity index (χ0n) is 12.1. The Bertz CT molecular complexity index is 771. The van der Waals surface area contributed by atoms with E-state index in [0.29, 0.717) is 12.2 Å². The van der Waals surface area contributed by atoms with Crippen molar-refractivity contribution in [1.82, 2.24) is 15.2 Å². The highest BCUT2D eigenvalue weighted by atomic mass is 19.4. The molecule has 2 aromatic heterocycles. The topological polar surface area (TPSA) is 58.4 Å². The lowest BCUT2D eigenvalue weighted by Gasteiger charge is -2.22. The Balaban J connectivity index is 1.60. The highest BCUT2D eigenvalue weighted by Crippen LogP contribution is 2.36. The van der Waals surface area contributed by atoms with Gasteiger partial charge in [-0.05, 0) is 24.9 Å². The lowest BCUT2D eigenvalue weighted by Crippen LogP contribution is -2.43. The molecule has 2 aromatic rings. The first-order valence-electron chi connectivity index (χ1n) is 7.39. The highest BCUT2D eigenvalue weighted by molar-refractivity contribution is 5.96. The molecule has 2 unspecified atom stereocenters. The number of carbonyl (C=O) groups excluding carboxylic acids is 1. The molecule has 0 radical (unpaired) electrons. The van der Waals surface area contributed by atoms with Gasteiger partial charge in [0, 0.05) is 24.5 Å². The van der Waals surface area contributed by atoms with Crippen molar-refractivity contribution in [2.24, 2.45) is 5.92 Å². The van der Waals surface area contributed by atoms with Crippen molar-refractivity contribution in [1.29, 1.82) is 0 Å². The molecule has 8 heteroatoms. The van der Waals surface area contributed by atoms with Crippen LogP contribution in [-0.4, -0.2) is 41.5 Å². The van der Waals surface area contributed by atoms with Crippen molar-refractivity contribution < 1.29 is 22.4 Å². The maximum atomic E-state index is 12.9. The number of pyridine rings is 1. The Morgan fingerprint density at radius 1 is 1.39 bits per heavy atom. The van der Waals surface area contributed by atoms with Crippen molar-refractivity contribution in [2.45, 2.75) is 18.6 Å². The Labute approximate surface area is 129 Å². The molecule has 2 saturated heterocycles. The number of halogens is 3. The summed E-state index contributed by atoms with van der Waals surface area (Å²) in [5.41, 5.74) is -0.905. The van der Waals surface area contributed by atoms with Gasteiger partial charge in [-0.3, -0.25) is 4.79 Å². The third-order valence-corrected chi connectivity index (χ3v) is 4.65. The number of nitrogens with zero attached hydrogens (tertiary/aromatic N) is 2. The molecule has 1 amide bonds.